The van der Waals surface area contributed by atoms with Crippen LogP contribution in [0.3, 0.4) is 0 Å². The van der Waals surface area contributed by atoms with E-state index in [9.17, 15) is 9.59 Å². The standard InChI is InChI=1S/C26H37N3O4S2/c1-15(2)32-25(30)28-19-9-7-18(8-10-19)24-27-14-23(35-24)21-12-11-20(13-22(21)34-17(5)6)29-26(31)33-16(3)4/h11-19H,7-10H2,1-6H3,(H,28,30)(H,29,31). The number of nitrogens with one attached hydrogen (secondary N) is 2. The van der Waals surface area contributed by atoms with Crippen molar-refractivity contribution in [2.45, 2.75) is 102 Å². The van der Waals surface area contributed by atoms with Gasteiger partial charge in [0.2, 0.25) is 0 Å². The van der Waals surface area contributed by atoms with Crippen molar-refractivity contribution in [2.24, 2.45) is 0 Å². The molecule has 1 fully saturated rings. The first-order chi connectivity index (χ1) is 16.6. The Morgan fingerprint density at radius 3 is 2.29 bits per heavy atom. The van der Waals surface area contributed by atoms with E-state index in [-0.39, 0.29) is 24.3 Å². The number of carbonyl (C=O) groups is 2. The second kappa shape index (κ2) is 12.6. The lowest BCUT2D eigenvalue weighted by Crippen LogP contribution is -2.38. The van der Waals surface area contributed by atoms with Gasteiger partial charge in [0.15, 0.2) is 0 Å². The van der Waals surface area contributed by atoms with E-state index in [4.69, 9.17) is 14.5 Å². The third-order valence-corrected chi connectivity index (χ3v) is 7.72. The first-order valence-corrected chi connectivity index (χ1v) is 14.0. The summed E-state index contributed by atoms with van der Waals surface area (Å²) in [5.74, 6) is 0.404. The minimum absolute atomic E-state index is 0.113. The number of anilines is 1. The molecule has 1 heterocycles. The molecule has 192 valence electrons. The van der Waals surface area contributed by atoms with Crippen molar-refractivity contribution < 1.29 is 19.1 Å². The van der Waals surface area contributed by atoms with Crippen LogP contribution in [0.2, 0.25) is 0 Å². The Kier molecular flexibility index (Phi) is 9.86. The van der Waals surface area contributed by atoms with Crippen molar-refractivity contribution in [3.8, 4) is 10.4 Å². The Balaban J connectivity index is 1.68. The summed E-state index contributed by atoms with van der Waals surface area (Å²) in [4.78, 5) is 30.9. The SMILES string of the molecule is CC(C)OC(=O)Nc1ccc(-c2cnc(C3CCC(NC(=O)OC(C)C)CC3)s2)c(SC(C)C)c1. The largest absolute Gasteiger partial charge is 0.447 e. The molecule has 1 aromatic heterocycles. The summed E-state index contributed by atoms with van der Waals surface area (Å²) in [5, 5.41) is 7.35. The van der Waals surface area contributed by atoms with Crippen molar-refractivity contribution in [3.63, 3.8) is 0 Å². The van der Waals surface area contributed by atoms with Crippen molar-refractivity contribution in [3.05, 3.63) is 29.4 Å². The first-order valence-electron chi connectivity index (χ1n) is 12.3. The number of thioether (sulfide) groups is 1. The fourth-order valence-corrected chi connectivity index (χ4v) is 6.22. The summed E-state index contributed by atoms with van der Waals surface area (Å²) in [7, 11) is 0. The third kappa shape index (κ3) is 8.42. The average molecular weight is 520 g/mol. The van der Waals surface area contributed by atoms with Crippen LogP contribution in [0.25, 0.3) is 10.4 Å². The predicted molar refractivity (Wildman–Crippen MR) is 144 cm³/mol. The van der Waals surface area contributed by atoms with Gasteiger partial charge in [-0.1, -0.05) is 19.9 Å². The van der Waals surface area contributed by atoms with Gasteiger partial charge in [-0.15, -0.1) is 23.1 Å². The van der Waals surface area contributed by atoms with Gasteiger partial charge in [-0.3, -0.25) is 5.32 Å². The van der Waals surface area contributed by atoms with Crippen LogP contribution in [0.15, 0.2) is 29.3 Å². The number of nitrogens with zero attached hydrogens (tertiary/aromatic N) is 1. The van der Waals surface area contributed by atoms with Crippen molar-refractivity contribution in [1.29, 1.82) is 0 Å². The fraction of sp³-hybridized carbons (Fsp3) is 0.577. The summed E-state index contributed by atoms with van der Waals surface area (Å²) >= 11 is 3.50. The van der Waals surface area contributed by atoms with Crippen LogP contribution in [-0.2, 0) is 9.47 Å². The zero-order chi connectivity index (χ0) is 25.5. The molecule has 2 amide bonds. The normalized spacial score (nSPS) is 18.1. The minimum atomic E-state index is -0.448. The maximum Gasteiger partial charge on any atom is 0.411 e. The molecule has 0 radical (unpaired) electrons. The monoisotopic (exact) mass is 519 g/mol. The molecule has 0 saturated heterocycles. The molecular weight excluding hydrogens is 482 g/mol. The van der Waals surface area contributed by atoms with Gasteiger partial charge < -0.3 is 14.8 Å². The molecule has 1 saturated carbocycles. The van der Waals surface area contributed by atoms with Crippen LogP contribution in [0.5, 0.6) is 0 Å². The molecule has 1 aromatic carbocycles. The van der Waals surface area contributed by atoms with Crippen molar-refractivity contribution >= 4 is 41.0 Å². The van der Waals surface area contributed by atoms with E-state index < -0.39 is 6.09 Å². The minimum Gasteiger partial charge on any atom is -0.447 e. The van der Waals surface area contributed by atoms with E-state index >= 15 is 0 Å². The molecule has 1 aliphatic carbocycles. The molecule has 3 rings (SSSR count). The van der Waals surface area contributed by atoms with Gasteiger partial charge in [0.05, 0.1) is 22.1 Å². The van der Waals surface area contributed by atoms with Crippen molar-refractivity contribution in [2.75, 3.05) is 5.32 Å². The molecule has 0 aliphatic heterocycles. The number of aromatic nitrogens is 1. The summed E-state index contributed by atoms with van der Waals surface area (Å²) < 4.78 is 10.4. The number of hydrogen-bond donors (Lipinski definition) is 2. The van der Waals surface area contributed by atoms with Crippen LogP contribution in [0.1, 0.15) is 78.2 Å². The predicted octanol–water partition coefficient (Wildman–Crippen LogP) is 7.43. The second-order valence-corrected chi connectivity index (χ2v) is 12.3. The number of rotatable bonds is 8. The summed E-state index contributed by atoms with van der Waals surface area (Å²) in [5.41, 5.74) is 1.84. The Hall–Kier alpha value is -2.26. The Morgan fingerprint density at radius 2 is 1.66 bits per heavy atom. The lowest BCUT2D eigenvalue weighted by molar-refractivity contribution is 0.109. The van der Waals surface area contributed by atoms with E-state index in [2.05, 4.69) is 24.5 Å². The zero-order valence-electron chi connectivity index (χ0n) is 21.4. The molecule has 9 heteroatoms. The number of benzene rings is 1. The van der Waals surface area contributed by atoms with E-state index in [0.717, 1.165) is 46.0 Å². The van der Waals surface area contributed by atoms with Crippen LogP contribution < -0.4 is 10.6 Å². The fourth-order valence-electron chi connectivity index (χ4n) is 4.02. The number of thiazole rings is 1. The molecular formula is C26H37N3O4S2. The van der Waals surface area contributed by atoms with Gasteiger partial charge in [-0.25, -0.2) is 14.6 Å². The Bertz CT molecular complexity index is 998. The number of alkyl carbamates (subject to hydrolysis) is 1. The molecule has 0 bridgehead atoms. The highest BCUT2D eigenvalue weighted by atomic mass is 32.2. The van der Waals surface area contributed by atoms with Gasteiger partial charge >= 0.3 is 12.2 Å². The third-order valence-electron chi connectivity index (χ3n) is 5.46. The molecule has 0 atom stereocenters. The summed E-state index contributed by atoms with van der Waals surface area (Å²) in [6.07, 6.45) is 4.74. The Morgan fingerprint density at radius 1 is 1.00 bits per heavy atom. The molecule has 0 spiro atoms. The molecule has 2 N–H and O–H groups in total. The summed E-state index contributed by atoms with van der Waals surface area (Å²) in [6, 6.07) is 6.13. The Labute approximate surface area is 216 Å². The number of carbonyl (C=O) groups excluding carboxylic acids is 2. The zero-order valence-corrected chi connectivity index (χ0v) is 23.1. The van der Waals surface area contributed by atoms with Gasteiger partial charge in [0.1, 0.15) is 0 Å². The van der Waals surface area contributed by atoms with Crippen LogP contribution >= 0.6 is 23.1 Å². The number of ether oxygens (including phenoxy) is 2. The summed E-state index contributed by atoms with van der Waals surface area (Å²) in [6.45, 7) is 11.7. The van der Waals surface area contributed by atoms with E-state index in [1.807, 2.05) is 52.1 Å². The van der Waals surface area contributed by atoms with Gasteiger partial charge in [-0.05, 0) is 65.5 Å². The smallest absolute Gasteiger partial charge is 0.411 e. The van der Waals surface area contributed by atoms with Crippen molar-refractivity contribution in [1.82, 2.24) is 10.3 Å². The molecule has 35 heavy (non-hydrogen) atoms. The molecule has 7 nitrogen and oxygen atoms in total. The first kappa shape index (κ1) is 27.3. The maximum absolute atomic E-state index is 12.0. The van der Waals surface area contributed by atoms with Gasteiger partial charge in [0, 0.05) is 39.6 Å². The number of amides is 2. The van der Waals surface area contributed by atoms with Crippen LogP contribution in [-0.4, -0.2) is 40.7 Å². The average Bonchev–Trinajstić information content (AvgIpc) is 3.22. The number of hydrogen-bond acceptors (Lipinski definition) is 7. The molecule has 0 unspecified atom stereocenters. The highest BCUT2D eigenvalue weighted by Gasteiger charge is 2.26. The van der Waals surface area contributed by atoms with Gasteiger partial charge in [-0.2, -0.15) is 0 Å². The lowest BCUT2D eigenvalue weighted by Gasteiger charge is -2.28. The quantitative estimate of drug-likeness (QED) is 0.353. The van der Waals surface area contributed by atoms with E-state index in [0.29, 0.717) is 16.9 Å². The lowest BCUT2D eigenvalue weighted by atomic mass is 9.86. The maximum atomic E-state index is 12.0. The highest BCUT2D eigenvalue weighted by molar-refractivity contribution is 8.00. The highest BCUT2D eigenvalue weighted by Crippen LogP contribution is 2.41. The topological polar surface area (TPSA) is 89.5 Å². The van der Waals surface area contributed by atoms with E-state index in [1.165, 1.54) is 0 Å². The van der Waals surface area contributed by atoms with Crippen LogP contribution in [0, 0.1) is 0 Å². The molecule has 2 aromatic rings. The second-order valence-electron chi connectivity index (χ2n) is 9.67. The van der Waals surface area contributed by atoms with E-state index in [1.54, 1.807) is 23.1 Å². The van der Waals surface area contributed by atoms with Gasteiger partial charge in [0.25, 0.3) is 0 Å². The van der Waals surface area contributed by atoms with Crippen LogP contribution in [0.4, 0.5) is 15.3 Å². The molecule has 1 aliphatic rings.